The number of anilines is 2. The van der Waals surface area contributed by atoms with E-state index in [1.807, 2.05) is 55.5 Å². The number of nitrogens with one attached hydrogen (secondary N) is 3. The van der Waals surface area contributed by atoms with Gasteiger partial charge in [-0.1, -0.05) is 69.3 Å². The molecule has 1 heterocycles. The third-order valence-electron chi connectivity index (χ3n) is 8.46. The number of carbonyl (C=O) groups is 1. The Morgan fingerprint density at radius 2 is 1.74 bits per heavy atom. The van der Waals surface area contributed by atoms with Crippen molar-refractivity contribution in [2.24, 2.45) is 0 Å². The van der Waals surface area contributed by atoms with Crippen molar-refractivity contribution in [2.75, 3.05) is 5.32 Å². The Hall–Kier alpha value is -4.01. The second kappa shape index (κ2) is 11.0. The van der Waals surface area contributed by atoms with E-state index < -0.39 is 10.0 Å². The van der Waals surface area contributed by atoms with Crippen molar-refractivity contribution >= 4 is 27.4 Å². The number of nitrogens with zero attached hydrogens (tertiary/aromatic N) is 1. The van der Waals surface area contributed by atoms with E-state index in [9.17, 15) is 13.2 Å². The standard InChI is InChI=1S/C34H36N4O3S/c1-4-22-12-15-25(16-13-22)42(40,41)38-31-21-34(2,3)29-17-14-24(19-28(29)31)36-32-26(11-8-18-35-32)33(39)37-30-20-27(30)23-9-6-5-7-10-23/h5-19,27,30-31,38H,4,20-21H2,1-3H3,(H,35,36)(H,37,39). The van der Waals surface area contributed by atoms with Crippen molar-refractivity contribution < 1.29 is 13.2 Å². The Labute approximate surface area is 247 Å². The molecule has 3 unspecified atom stereocenters. The Kier molecular flexibility index (Phi) is 7.37. The molecule has 1 fully saturated rings. The van der Waals surface area contributed by atoms with Gasteiger partial charge in [0.05, 0.1) is 10.5 Å². The summed E-state index contributed by atoms with van der Waals surface area (Å²) < 4.78 is 29.6. The maximum atomic E-state index is 13.3. The van der Waals surface area contributed by atoms with Crippen LogP contribution in [0.3, 0.4) is 0 Å². The fourth-order valence-electron chi connectivity index (χ4n) is 6.03. The molecule has 42 heavy (non-hydrogen) atoms. The molecule has 8 heteroatoms. The maximum absolute atomic E-state index is 13.3. The van der Waals surface area contributed by atoms with Gasteiger partial charge in [-0.05, 0) is 83.3 Å². The van der Waals surface area contributed by atoms with Gasteiger partial charge in [0.25, 0.3) is 5.91 Å². The van der Waals surface area contributed by atoms with Gasteiger partial charge in [-0.3, -0.25) is 4.79 Å². The zero-order valence-electron chi connectivity index (χ0n) is 24.1. The molecule has 7 nitrogen and oxygen atoms in total. The van der Waals surface area contributed by atoms with Crippen molar-refractivity contribution in [3.8, 4) is 0 Å². The highest BCUT2D eigenvalue weighted by atomic mass is 32.2. The summed E-state index contributed by atoms with van der Waals surface area (Å²) in [6, 6.07) is 26.5. The van der Waals surface area contributed by atoms with Gasteiger partial charge in [0.1, 0.15) is 5.82 Å². The lowest BCUT2D eigenvalue weighted by atomic mass is 9.86. The number of amides is 1. The smallest absolute Gasteiger partial charge is 0.255 e. The van der Waals surface area contributed by atoms with E-state index in [1.165, 1.54) is 5.56 Å². The number of aromatic nitrogens is 1. The number of fused-ring (bicyclic) bond motifs is 1. The van der Waals surface area contributed by atoms with Gasteiger partial charge in [-0.25, -0.2) is 18.1 Å². The number of aryl methyl sites for hydroxylation is 1. The third-order valence-corrected chi connectivity index (χ3v) is 9.95. The molecule has 2 aliphatic rings. The van der Waals surface area contributed by atoms with Gasteiger partial charge in [0, 0.05) is 29.9 Å². The molecule has 4 aromatic rings. The van der Waals surface area contributed by atoms with Gasteiger partial charge in [-0.2, -0.15) is 0 Å². The molecule has 1 amide bonds. The van der Waals surface area contributed by atoms with Crippen LogP contribution in [-0.4, -0.2) is 25.4 Å². The van der Waals surface area contributed by atoms with Gasteiger partial charge >= 0.3 is 0 Å². The highest BCUT2D eigenvalue weighted by Gasteiger charge is 2.40. The van der Waals surface area contributed by atoms with E-state index in [0.717, 1.165) is 35.2 Å². The summed E-state index contributed by atoms with van der Waals surface area (Å²) in [5.74, 6) is 0.613. The average Bonchev–Trinajstić information content (AvgIpc) is 3.71. The molecule has 216 valence electrons. The minimum atomic E-state index is -3.72. The number of rotatable bonds is 9. The maximum Gasteiger partial charge on any atom is 0.255 e. The van der Waals surface area contributed by atoms with E-state index in [2.05, 4.69) is 46.3 Å². The molecular formula is C34H36N4O3S. The largest absolute Gasteiger partial charge is 0.349 e. The van der Waals surface area contributed by atoms with Crippen LogP contribution in [0.15, 0.2) is 96.0 Å². The van der Waals surface area contributed by atoms with Crippen LogP contribution in [0.4, 0.5) is 11.5 Å². The quantitative estimate of drug-likeness (QED) is 0.214. The zero-order valence-corrected chi connectivity index (χ0v) is 24.9. The van der Waals surface area contributed by atoms with Crippen LogP contribution >= 0.6 is 0 Å². The summed E-state index contributed by atoms with van der Waals surface area (Å²) in [4.78, 5) is 18.0. The molecule has 1 saturated carbocycles. The van der Waals surface area contributed by atoms with Crippen LogP contribution in [0.5, 0.6) is 0 Å². The van der Waals surface area contributed by atoms with Gasteiger partial charge in [-0.15, -0.1) is 0 Å². The molecule has 1 aromatic heterocycles. The Bertz CT molecular complexity index is 1720. The number of pyridine rings is 1. The van der Waals surface area contributed by atoms with Crippen LogP contribution in [-0.2, 0) is 21.9 Å². The summed E-state index contributed by atoms with van der Waals surface area (Å²) in [5.41, 5.74) is 5.34. The topological polar surface area (TPSA) is 100 Å². The molecule has 0 saturated heterocycles. The van der Waals surface area contributed by atoms with Gasteiger partial charge in [0.2, 0.25) is 10.0 Å². The first-order valence-corrected chi connectivity index (χ1v) is 16.0. The molecule has 3 N–H and O–H groups in total. The molecule has 2 aliphatic carbocycles. The van der Waals surface area contributed by atoms with Crippen molar-refractivity contribution in [3.63, 3.8) is 0 Å². The Balaban J connectivity index is 1.21. The first-order valence-electron chi connectivity index (χ1n) is 14.5. The zero-order chi connectivity index (χ0) is 29.5. The summed E-state index contributed by atoms with van der Waals surface area (Å²) in [6.07, 6.45) is 4.06. The van der Waals surface area contributed by atoms with E-state index in [4.69, 9.17) is 0 Å². The third kappa shape index (κ3) is 5.69. The molecule has 3 aromatic carbocycles. The van der Waals surface area contributed by atoms with Crippen molar-refractivity contribution in [3.05, 3.63) is 119 Å². The van der Waals surface area contributed by atoms with Crippen LogP contribution in [0.25, 0.3) is 0 Å². The second-order valence-corrected chi connectivity index (χ2v) is 13.6. The number of carbonyl (C=O) groups excluding carboxylic acids is 1. The molecule has 0 aliphatic heterocycles. The first-order chi connectivity index (χ1) is 20.1. The monoisotopic (exact) mass is 580 g/mol. The van der Waals surface area contributed by atoms with Crippen molar-refractivity contribution in [2.45, 2.75) is 68.3 Å². The predicted octanol–water partition coefficient (Wildman–Crippen LogP) is 6.37. The van der Waals surface area contributed by atoms with Crippen LogP contribution in [0.1, 0.15) is 78.2 Å². The molecular weight excluding hydrogens is 544 g/mol. The lowest BCUT2D eigenvalue weighted by Gasteiger charge is -2.19. The van der Waals surface area contributed by atoms with E-state index >= 15 is 0 Å². The number of hydrogen-bond acceptors (Lipinski definition) is 5. The SMILES string of the molecule is CCc1ccc(S(=O)(=O)NC2CC(C)(C)c3ccc(Nc4ncccc4C(=O)NC4CC4c4ccccc4)cc32)cc1. The molecule has 0 spiro atoms. The molecule has 6 rings (SSSR count). The van der Waals surface area contributed by atoms with E-state index in [0.29, 0.717) is 23.7 Å². The summed E-state index contributed by atoms with van der Waals surface area (Å²) >= 11 is 0. The number of sulfonamides is 1. The highest BCUT2D eigenvalue weighted by molar-refractivity contribution is 7.89. The molecule has 0 radical (unpaired) electrons. The fourth-order valence-corrected chi connectivity index (χ4v) is 7.25. The highest BCUT2D eigenvalue weighted by Crippen LogP contribution is 2.46. The lowest BCUT2D eigenvalue weighted by molar-refractivity contribution is 0.0951. The van der Waals surface area contributed by atoms with Gasteiger partial charge < -0.3 is 10.6 Å². The number of hydrogen-bond donors (Lipinski definition) is 3. The summed E-state index contributed by atoms with van der Waals surface area (Å²) in [5, 5.41) is 6.48. The van der Waals surface area contributed by atoms with E-state index in [-0.39, 0.29) is 28.3 Å². The normalized spacial score (nSPS) is 20.5. The minimum Gasteiger partial charge on any atom is -0.349 e. The van der Waals surface area contributed by atoms with E-state index in [1.54, 1.807) is 30.5 Å². The summed E-state index contributed by atoms with van der Waals surface area (Å²) in [6.45, 7) is 6.30. The first kappa shape index (κ1) is 28.1. The predicted molar refractivity (Wildman–Crippen MR) is 166 cm³/mol. The Morgan fingerprint density at radius 1 is 0.976 bits per heavy atom. The van der Waals surface area contributed by atoms with Crippen LogP contribution < -0.4 is 15.4 Å². The minimum absolute atomic E-state index is 0.0992. The average molecular weight is 581 g/mol. The second-order valence-electron chi connectivity index (χ2n) is 11.9. The lowest BCUT2D eigenvalue weighted by Crippen LogP contribution is -2.28. The molecule has 0 bridgehead atoms. The van der Waals surface area contributed by atoms with Gasteiger partial charge in [0.15, 0.2) is 0 Å². The fraction of sp³-hybridized carbons (Fsp3) is 0.294. The van der Waals surface area contributed by atoms with Crippen molar-refractivity contribution in [1.29, 1.82) is 0 Å². The number of benzene rings is 3. The Morgan fingerprint density at radius 3 is 2.48 bits per heavy atom. The van der Waals surface area contributed by atoms with Crippen LogP contribution in [0, 0.1) is 0 Å². The molecule has 3 atom stereocenters. The summed E-state index contributed by atoms with van der Waals surface area (Å²) in [7, 11) is -3.72. The van der Waals surface area contributed by atoms with Crippen LogP contribution in [0.2, 0.25) is 0 Å². The van der Waals surface area contributed by atoms with Crippen molar-refractivity contribution in [1.82, 2.24) is 15.0 Å².